The SMILES string of the molecule is CN(CC1CN(C(=O)OC(C)(C)C)C1)S(=O)(=O)NC(=O)OC(C)(C)C. The van der Waals surface area contributed by atoms with Gasteiger partial charge >= 0.3 is 22.4 Å². The molecule has 0 bridgehead atoms. The highest BCUT2D eigenvalue weighted by Gasteiger charge is 2.36. The molecule has 1 aliphatic heterocycles. The van der Waals surface area contributed by atoms with E-state index in [0.717, 1.165) is 4.31 Å². The second-order valence-corrected chi connectivity index (χ2v) is 9.92. The van der Waals surface area contributed by atoms with E-state index in [1.54, 1.807) is 41.5 Å². The largest absolute Gasteiger partial charge is 0.444 e. The summed E-state index contributed by atoms with van der Waals surface area (Å²) in [6.07, 6.45) is -1.44. The summed E-state index contributed by atoms with van der Waals surface area (Å²) in [4.78, 5) is 25.0. The first-order valence-electron chi connectivity index (χ1n) is 8.04. The van der Waals surface area contributed by atoms with Crippen LogP contribution in [0.1, 0.15) is 41.5 Å². The van der Waals surface area contributed by atoms with E-state index in [-0.39, 0.29) is 12.5 Å². The molecule has 10 heteroatoms. The predicted molar refractivity (Wildman–Crippen MR) is 92.2 cm³/mol. The first-order chi connectivity index (χ1) is 11.1. The van der Waals surface area contributed by atoms with Gasteiger partial charge in [-0.1, -0.05) is 0 Å². The summed E-state index contributed by atoms with van der Waals surface area (Å²) in [5.74, 6) is -0.0206. The molecule has 25 heavy (non-hydrogen) atoms. The standard InChI is InChI=1S/C15H29N3O6S/c1-14(2,3)23-12(19)16-25(21,22)17(7)8-11-9-18(10-11)13(20)24-15(4,5)6/h11H,8-10H2,1-7H3,(H,16,19). The van der Waals surface area contributed by atoms with Gasteiger partial charge in [-0.15, -0.1) is 0 Å². The molecule has 146 valence electrons. The number of ether oxygens (including phenoxy) is 2. The van der Waals surface area contributed by atoms with Gasteiger partial charge in [0, 0.05) is 32.6 Å². The van der Waals surface area contributed by atoms with E-state index in [0.29, 0.717) is 13.1 Å². The fourth-order valence-corrected chi connectivity index (χ4v) is 2.92. The van der Waals surface area contributed by atoms with Crippen LogP contribution in [0.25, 0.3) is 0 Å². The van der Waals surface area contributed by atoms with Crippen molar-refractivity contribution in [1.29, 1.82) is 0 Å². The molecule has 1 fully saturated rings. The Hall–Kier alpha value is -1.55. The summed E-state index contributed by atoms with van der Waals surface area (Å²) < 4.78 is 37.3. The molecule has 0 spiro atoms. The van der Waals surface area contributed by atoms with Gasteiger partial charge in [0.05, 0.1) is 0 Å². The van der Waals surface area contributed by atoms with Crippen molar-refractivity contribution in [3.8, 4) is 0 Å². The van der Waals surface area contributed by atoms with Crippen LogP contribution in [0.3, 0.4) is 0 Å². The Labute approximate surface area is 149 Å². The molecule has 0 radical (unpaired) electrons. The maximum atomic E-state index is 12.1. The molecule has 1 aliphatic rings. The highest BCUT2D eigenvalue weighted by Crippen LogP contribution is 2.20. The normalized spacial score (nSPS) is 16.4. The molecule has 0 saturated carbocycles. The third kappa shape index (κ3) is 7.47. The van der Waals surface area contributed by atoms with Gasteiger partial charge in [0.25, 0.3) is 0 Å². The van der Waals surface area contributed by atoms with Crippen molar-refractivity contribution in [2.45, 2.75) is 52.7 Å². The summed E-state index contributed by atoms with van der Waals surface area (Å²) in [6.45, 7) is 11.3. The summed E-state index contributed by atoms with van der Waals surface area (Å²) in [5.41, 5.74) is -1.36. The maximum Gasteiger partial charge on any atom is 0.422 e. The van der Waals surface area contributed by atoms with Gasteiger partial charge in [-0.3, -0.25) is 0 Å². The number of hydrogen-bond acceptors (Lipinski definition) is 6. The zero-order valence-corrected chi connectivity index (χ0v) is 16.8. The maximum absolute atomic E-state index is 12.1. The van der Waals surface area contributed by atoms with Crippen molar-refractivity contribution in [3.05, 3.63) is 0 Å². The Bertz CT molecular complexity index is 600. The number of hydrogen-bond donors (Lipinski definition) is 1. The zero-order valence-electron chi connectivity index (χ0n) is 16.0. The first kappa shape index (κ1) is 21.5. The van der Waals surface area contributed by atoms with Crippen LogP contribution in [0.4, 0.5) is 9.59 Å². The number of likely N-dealkylation sites (tertiary alicyclic amines) is 1. The highest BCUT2D eigenvalue weighted by molar-refractivity contribution is 7.87. The number of carbonyl (C=O) groups excluding carboxylic acids is 2. The van der Waals surface area contributed by atoms with Crippen LogP contribution in [-0.2, 0) is 19.7 Å². The van der Waals surface area contributed by atoms with Crippen LogP contribution < -0.4 is 4.72 Å². The number of nitrogens with zero attached hydrogens (tertiary/aromatic N) is 2. The summed E-state index contributed by atoms with van der Waals surface area (Å²) in [7, 11) is -2.63. The minimum Gasteiger partial charge on any atom is -0.444 e. The Morgan fingerprint density at radius 3 is 2.00 bits per heavy atom. The molecular formula is C15H29N3O6S. The average molecular weight is 379 g/mol. The number of nitrogens with one attached hydrogen (secondary N) is 1. The van der Waals surface area contributed by atoms with E-state index in [4.69, 9.17) is 9.47 Å². The van der Waals surface area contributed by atoms with Crippen LogP contribution in [0.5, 0.6) is 0 Å². The van der Waals surface area contributed by atoms with Crippen LogP contribution in [0.15, 0.2) is 0 Å². The highest BCUT2D eigenvalue weighted by atomic mass is 32.2. The van der Waals surface area contributed by atoms with Crippen LogP contribution in [0, 0.1) is 5.92 Å². The van der Waals surface area contributed by atoms with Crippen molar-refractivity contribution in [2.24, 2.45) is 5.92 Å². The van der Waals surface area contributed by atoms with Gasteiger partial charge in [0.2, 0.25) is 0 Å². The van der Waals surface area contributed by atoms with Crippen LogP contribution in [0.2, 0.25) is 0 Å². The summed E-state index contributed by atoms with van der Waals surface area (Å²) in [6, 6.07) is 0. The first-order valence-corrected chi connectivity index (χ1v) is 9.48. The monoisotopic (exact) mass is 379 g/mol. The Morgan fingerprint density at radius 1 is 1.08 bits per heavy atom. The molecule has 0 aromatic rings. The quantitative estimate of drug-likeness (QED) is 0.795. The Kier molecular flexibility index (Phi) is 6.33. The lowest BCUT2D eigenvalue weighted by Gasteiger charge is -2.40. The fourth-order valence-electron chi connectivity index (χ4n) is 2.10. The minimum atomic E-state index is -4.00. The van der Waals surface area contributed by atoms with E-state index in [9.17, 15) is 18.0 Å². The number of carbonyl (C=O) groups is 2. The molecular weight excluding hydrogens is 350 g/mol. The summed E-state index contributed by atoms with van der Waals surface area (Å²) >= 11 is 0. The van der Waals surface area contributed by atoms with Crippen molar-refractivity contribution < 1.29 is 27.5 Å². The Balaban J connectivity index is 2.46. The van der Waals surface area contributed by atoms with E-state index < -0.39 is 33.6 Å². The third-order valence-electron chi connectivity index (χ3n) is 3.15. The Morgan fingerprint density at radius 2 is 1.56 bits per heavy atom. The molecule has 1 heterocycles. The number of rotatable bonds is 4. The molecule has 9 nitrogen and oxygen atoms in total. The summed E-state index contributed by atoms with van der Waals surface area (Å²) in [5, 5.41) is 0. The van der Waals surface area contributed by atoms with Crippen LogP contribution in [-0.4, -0.2) is 67.7 Å². The van der Waals surface area contributed by atoms with Gasteiger partial charge in [-0.05, 0) is 41.5 Å². The zero-order chi connectivity index (χ0) is 19.6. The molecule has 1 saturated heterocycles. The molecule has 0 aliphatic carbocycles. The third-order valence-corrected chi connectivity index (χ3v) is 4.54. The van der Waals surface area contributed by atoms with E-state index in [2.05, 4.69) is 0 Å². The van der Waals surface area contributed by atoms with Gasteiger partial charge in [0.15, 0.2) is 0 Å². The molecule has 2 amide bonds. The molecule has 1 rings (SSSR count). The molecule has 0 aromatic heterocycles. The topological polar surface area (TPSA) is 105 Å². The predicted octanol–water partition coefficient (Wildman–Crippen LogP) is 1.55. The van der Waals surface area contributed by atoms with Crippen molar-refractivity contribution in [2.75, 3.05) is 26.7 Å². The number of amides is 2. The van der Waals surface area contributed by atoms with Gasteiger partial charge in [-0.25, -0.2) is 14.3 Å². The van der Waals surface area contributed by atoms with Crippen molar-refractivity contribution >= 4 is 22.4 Å². The van der Waals surface area contributed by atoms with Gasteiger partial charge in [-0.2, -0.15) is 12.7 Å². The molecule has 0 aromatic carbocycles. The van der Waals surface area contributed by atoms with Gasteiger partial charge < -0.3 is 14.4 Å². The van der Waals surface area contributed by atoms with E-state index >= 15 is 0 Å². The smallest absolute Gasteiger partial charge is 0.422 e. The lowest BCUT2D eigenvalue weighted by atomic mass is 10.0. The van der Waals surface area contributed by atoms with E-state index in [1.165, 1.54) is 11.9 Å². The molecule has 1 N–H and O–H groups in total. The van der Waals surface area contributed by atoms with Crippen molar-refractivity contribution in [3.63, 3.8) is 0 Å². The molecule has 0 atom stereocenters. The fraction of sp³-hybridized carbons (Fsp3) is 0.867. The second-order valence-electron chi connectivity index (χ2n) is 8.14. The van der Waals surface area contributed by atoms with E-state index in [1.807, 2.05) is 4.72 Å². The lowest BCUT2D eigenvalue weighted by Crippen LogP contribution is -2.56. The average Bonchev–Trinajstić information content (AvgIpc) is 2.26. The van der Waals surface area contributed by atoms with Crippen molar-refractivity contribution in [1.82, 2.24) is 13.9 Å². The molecule has 0 unspecified atom stereocenters. The van der Waals surface area contributed by atoms with Gasteiger partial charge in [0.1, 0.15) is 11.2 Å². The van der Waals surface area contributed by atoms with Crippen LogP contribution >= 0.6 is 0 Å². The lowest BCUT2D eigenvalue weighted by molar-refractivity contribution is -0.00260. The second kappa shape index (κ2) is 7.36. The minimum absolute atomic E-state index is 0.0206.